The summed E-state index contributed by atoms with van der Waals surface area (Å²) in [5.74, 6) is -0.249. The standard InChI is InChI=1S/C10H9BrN2O2/c1-15-9(14)4-6-2-7(11)10-8(3-6)12-5-13-10/h2-3,5H,4H2,1H3,(H,12,13). The number of benzene rings is 1. The van der Waals surface area contributed by atoms with E-state index >= 15 is 0 Å². The van der Waals surface area contributed by atoms with Gasteiger partial charge in [-0.05, 0) is 33.6 Å². The number of methoxy groups -OCH3 is 1. The van der Waals surface area contributed by atoms with Gasteiger partial charge in [0.1, 0.15) is 5.52 Å². The molecule has 15 heavy (non-hydrogen) atoms. The summed E-state index contributed by atoms with van der Waals surface area (Å²) < 4.78 is 5.48. The van der Waals surface area contributed by atoms with E-state index in [2.05, 4.69) is 30.6 Å². The molecule has 0 saturated carbocycles. The van der Waals surface area contributed by atoms with E-state index in [1.165, 1.54) is 7.11 Å². The molecule has 0 radical (unpaired) electrons. The third-order valence-corrected chi connectivity index (χ3v) is 2.72. The first-order chi connectivity index (χ1) is 7.20. The summed E-state index contributed by atoms with van der Waals surface area (Å²) in [5.41, 5.74) is 2.66. The second kappa shape index (κ2) is 4.02. The highest BCUT2D eigenvalue weighted by atomic mass is 79.9. The number of halogens is 1. The lowest BCUT2D eigenvalue weighted by molar-refractivity contribution is -0.139. The Morgan fingerprint density at radius 3 is 3.13 bits per heavy atom. The van der Waals surface area contributed by atoms with E-state index in [9.17, 15) is 4.79 Å². The molecule has 1 N–H and O–H groups in total. The molecule has 5 heteroatoms. The van der Waals surface area contributed by atoms with Crippen LogP contribution in [0.2, 0.25) is 0 Å². The summed E-state index contributed by atoms with van der Waals surface area (Å²) in [6, 6.07) is 3.77. The molecule has 0 saturated heterocycles. The average Bonchev–Trinajstić information content (AvgIpc) is 2.66. The Hall–Kier alpha value is -1.36. The molecule has 0 atom stereocenters. The summed E-state index contributed by atoms with van der Waals surface area (Å²) in [4.78, 5) is 18.2. The average molecular weight is 269 g/mol. The van der Waals surface area contributed by atoms with Crippen LogP contribution in [-0.2, 0) is 16.0 Å². The summed E-state index contributed by atoms with van der Waals surface area (Å²) >= 11 is 3.40. The van der Waals surface area contributed by atoms with E-state index in [1.54, 1.807) is 6.33 Å². The number of ether oxygens (including phenoxy) is 1. The van der Waals surface area contributed by atoms with Crippen molar-refractivity contribution in [3.05, 3.63) is 28.5 Å². The first kappa shape index (κ1) is 10.2. The lowest BCUT2D eigenvalue weighted by Crippen LogP contribution is -2.04. The van der Waals surface area contributed by atoms with Crippen molar-refractivity contribution in [3.63, 3.8) is 0 Å². The minimum Gasteiger partial charge on any atom is -0.469 e. The Kier molecular flexibility index (Phi) is 2.73. The highest BCUT2D eigenvalue weighted by Crippen LogP contribution is 2.23. The molecule has 0 spiro atoms. The minimum atomic E-state index is -0.249. The number of esters is 1. The number of carbonyl (C=O) groups is 1. The fraction of sp³-hybridized carbons (Fsp3) is 0.200. The topological polar surface area (TPSA) is 55.0 Å². The molecule has 0 aliphatic heterocycles. The van der Waals surface area contributed by atoms with E-state index in [4.69, 9.17) is 0 Å². The van der Waals surface area contributed by atoms with Crippen molar-refractivity contribution in [3.8, 4) is 0 Å². The maximum absolute atomic E-state index is 11.1. The van der Waals surface area contributed by atoms with Crippen LogP contribution in [0.5, 0.6) is 0 Å². The second-order valence-electron chi connectivity index (χ2n) is 3.13. The molecule has 0 aliphatic carbocycles. The molecule has 1 aromatic carbocycles. The number of rotatable bonds is 2. The zero-order valence-corrected chi connectivity index (χ0v) is 9.67. The number of imidazole rings is 1. The van der Waals surface area contributed by atoms with E-state index in [0.29, 0.717) is 0 Å². The van der Waals surface area contributed by atoms with Crippen molar-refractivity contribution in [1.29, 1.82) is 0 Å². The fourth-order valence-electron chi connectivity index (χ4n) is 1.40. The van der Waals surface area contributed by atoms with Crippen LogP contribution in [0.4, 0.5) is 0 Å². The monoisotopic (exact) mass is 268 g/mol. The summed E-state index contributed by atoms with van der Waals surface area (Å²) in [5, 5.41) is 0. The number of fused-ring (bicyclic) bond motifs is 1. The van der Waals surface area contributed by atoms with Crippen LogP contribution >= 0.6 is 15.9 Å². The maximum Gasteiger partial charge on any atom is 0.309 e. The molecule has 1 heterocycles. The quantitative estimate of drug-likeness (QED) is 0.849. The number of hydrogen-bond donors (Lipinski definition) is 1. The SMILES string of the molecule is COC(=O)Cc1cc(Br)c2nc[nH]c2c1. The Morgan fingerprint density at radius 2 is 2.40 bits per heavy atom. The Balaban J connectivity index is 2.40. The predicted octanol–water partition coefficient (Wildman–Crippen LogP) is 2.04. The lowest BCUT2D eigenvalue weighted by Gasteiger charge is -2.01. The summed E-state index contributed by atoms with van der Waals surface area (Å²) in [7, 11) is 1.38. The van der Waals surface area contributed by atoms with Crippen LogP contribution in [0, 0.1) is 0 Å². The third-order valence-electron chi connectivity index (χ3n) is 2.11. The lowest BCUT2D eigenvalue weighted by atomic mass is 10.1. The van der Waals surface area contributed by atoms with E-state index < -0.39 is 0 Å². The Morgan fingerprint density at radius 1 is 1.60 bits per heavy atom. The normalized spacial score (nSPS) is 10.5. The van der Waals surface area contributed by atoms with Gasteiger partial charge >= 0.3 is 5.97 Å². The summed E-state index contributed by atoms with van der Waals surface area (Å²) in [6.45, 7) is 0. The van der Waals surface area contributed by atoms with Crippen molar-refractivity contribution in [1.82, 2.24) is 9.97 Å². The van der Waals surface area contributed by atoms with Gasteiger partial charge in [-0.2, -0.15) is 0 Å². The number of aromatic nitrogens is 2. The van der Waals surface area contributed by atoms with E-state index in [-0.39, 0.29) is 12.4 Å². The van der Waals surface area contributed by atoms with E-state index in [0.717, 1.165) is 21.1 Å². The minimum absolute atomic E-state index is 0.249. The molecule has 0 unspecified atom stereocenters. The van der Waals surface area contributed by atoms with Crippen molar-refractivity contribution in [2.75, 3.05) is 7.11 Å². The number of nitrogens with zero attached hydrogens (tertiary/aromatic N) is 1. The largest absolute Gasteiger partial charge is 0.469 e. The molecular weight excluding hydrogens is 260 g/mol. The van der Waals surface area contributed by atoms with Gasteiger partial charge in [-0.25, -0.2) is 4.98 Å². The van der Waals surface area contributed by atoms with Crippen LogP contribution in [-0.4, -0.2) is 23.0 Å². The number of aromatic amines is 1. The zero-order chi connectivity index (χ0) is 10.8. The summed E-state index contributed by atoms with van der Waals surface area (Å²) in [6.07, 6.45) is 1.89. The van der Waals surface area contributed by atoms with Crippen molar-refractivity contribution in [2.45, 2.75) is 6.42 Å². The smallest absolute Gasteiger partial charge is 0.309 e. The van der Waals surface area contributed by atoms with Gasteiger partial charge in [-0.15, -0.1) is 0 Å². The molecule has 78 valence electrons. The zero-order valence-electron chi connectivity index (χ0n) is 8.08. The van der Waals surface area contributed by atoms with Crippen LogP contribution in [0.1, 0.15) is 5.56 Å². The van der Waals surface area contributed by atoms with Gasteiger partial charge in [0.05, 0.1) is 25.4 Å². The van der Waals surface area contributed by atoms with Gasteiger partial charge in [-0.3, -0.25) is 4.79 Å². The number of carbonyl (C=O) groups excluding carboxylic acids is 1. The molecule has 0 aliphatic rings. The van der Waals surface area contributed by atoms with Crippen molar-refractivity contribution in [2.24, 2.45) is 0 Å². The highest BCUT2D eigenvalue weighted by molar-refractivity contribution is 9.10. The molecular formula is C10H9BrN2O2. The third kappa shape index (κ3) is 2.02. The molecule has 4 nitrogen and oxygen atoms in total. The van der Waals surface area contributed by atoms with Gasteiger partial charge < -0.3 is 9.72 Å². The van der Waals surface area contributed by atoms with Gasteiger partial charge in [0.15, 0.2) is 0 Å². The Bertz CT molecular complexity index is 507. The van der Waals surface area contributed by atoms with Gasteiger partial charge in [0, 0.05) is 4.47 Å². The Labute approximate surface area is 94.8 Å². The molecule has 0 amide bonds. The van der Waals surface area contributed by atoms with Gasteiger partial charge in [0.25, 0.3) is 0 Å². The van der Waals surface area contributed by atoms with Crippen LogP contribution in [0.15, 0.2) is 22.9 Å². The number of nitrogens with one attached hydrogen (secondary N) is 1. The number of H-pyrrole nitrogens is 1. The molecule has 0 bridgehead atoms. The first-order valence-electron chi connectivity index (χ1n) is 4.39. The van der Waals surface area contributed by atoms with Gasteiger partial charge in [0.2, 0.25) is 0 Å². The van der Waals surface area contributed by atoms with Crippen LogP contribution < -0.4 is 0 Å². The molecule has 2 aromatic rings. The first-order valence-corrected chi connectivity index (χ1v) is 5.18. The predicted molar refractivity (Wildman–Crippen MR) is 59.5 cm³/mol. The van der Waals surface area contributed by atoms with Crippen LogP contribution in [0.25, 0.3) is 11.0 Å². The van der Waals surface area contributed by atoms with Crippen LogP contribution in [0.3, 0.4) is 0 Å². The van der Waals surface area contributed by atoms with Crippen molar-refractivity contribution < 1.29 is 9.53 Å². The second-order valence-corrected chi connectivity index (χ2v) is 3.98. The van der Waals surface area contributed by atoms with Gasteiger partial charge in [-0.1, -0.05) is 0 Å². The fourth-order valence-corrected chi connectivity index (χ4v) is 2.01. The number of hydrogen-bond acceptors (Lipinski definition) is 3. The maximum atomic E-state index is 11.1. The molecule has 1 aromatic heterocycles. The molecule has 0 fully saturated rings. The van der Waals surface area contributed by atoms with Crippen molar-refractivity contribution >= 4 is 32.9 Å². The molecule has 2 rings (SSSR count). The highest BCUT2D eigenvalue weighted by Gasteiger charge is 2.07. The van der Waals surface area contributed by atoms with E-state index in [1.807, 2.05) is 12.1 Å².